The highest BCUT2D eigenvalue weighted by atomic mass is 16.3. The Morgan fingerprint density at radius 2 is 1.92 bits per heavy atom. The summed E-state index contributed by atoms with van der Waals surface area (Å²) < 4.78 is 0. The average molecular weight is 173 g/mol. The number of rotatable bonds is 6. The van der Waals surface area contributed by atoms with Gasteiger partial charge < -0.3 is 10.8 Å². The van der Waals surface area contributed by atoms with Crippen molar-refractivity contribution in [1.82, 2.24) is 0 Å². The molecule has 0 aromatic heterocycles. The van der Waals surface area contributed by atoms with Crippen LogP contribution >= 0.6 is 0 Å². The maximum Gasteiger partial charge on any atom is 0.0591 e. The lowest BCUT2D eigenvalue weighted by atomic mass is 9.95. The molecule has 3 N–H and O–H groups in total. The summed E-state index contributed by atoms with van der Waals surface area (Å²) in [6, 6.07) is 0. The zero-order chi connectivity index (χ0) is 9.61. The minimum absolute atomic E-state index is 0.498. The van der Waals surface area contributed by atoms with Crippen LogP contribution in [-0.2, 0) is 0 Å². The van der Waals surface area contributed by atoms with Crippen molar-refractivity contribution in [3.8, 4) is 0 Å². The predicted octanol–water partition coefficient (Wildman–Crippen LogP) is 1.91. The van der Waals surface area contributed by atoms with Gasteiger partial charge in [-0.05, 0) is 39.2 Å². The van der Waals surface area contributed by atoms with E-state index in [9.17, 15) is 5.11 Å². The van der Waals surface area contributed by atoms with E-state index < -0.39 is 5.60 Å². The predicted molar refractivity (Wildman–Crippen MR) is 53.0 cm³/mol. The Kier molecular flexibility index (Phi) is 5.51. The Morgan fingerprint density at radius 1 is 1.33 bits per heavy atom. The van der Waals surface area contributed by atoms with Crippen molar-refractivity contribution in [1.29, 1.82) is 0 Å². The van der Waals surface area contributed by atoms with Crippen molar-refractivity contribution in [2.75, 3.05) is 6.54 Å². The summed E-state index contributed by atoms with van der Waals surface area (Å²) in [4.78, 5) is 0. The van der Waals surface area contributed by atoms with Gasteiger partial charge in [0, 0.05) is 0 Å². The summed E-state index contributed by atoms with van der Waals surface area (Å²) >= 11 is 0. The van der Waals surface area contributed by atoms with Crippen molar-refractivity contribution in [3.63, 3.8) is 0 Å². The van der Waals surface area contributed by atoms with Crippen LogP contribution in [0.25, 0.3) is 0 Å². The van der Waals surface area contributed by atoms with E-state index in [0.717, 1.165) is 25.8 Å². The maximum atomic E-state index is 9.44. The third-order valence-electron chi connectivity index (χ3n) is 2.14. The van der Waals surface area contributed by atoms with Crippen LogP contribution in [0.1, 0.15) is 46.5 Å². The van der Waals surface area contributed by atoms with Crippen molar-refractivity contribution in [2.24, 2.45) is 11.7 Å². The van der Waals surface area contributed by atoms with E-state index in [1.807, 2.05) is 13.8 Å². The molecule has 0 fully saturated rings. The molecule has 1 atom stereocenters. The third-order valence-corrected chi connectivity index (χ3v) is 2.14. The number of nitrogens with two attached hydrogens (primary N) is 1. The van der Waals surface area contributed by atoms with E-state index in [4.69, 9.17) is 5.73 Å². The molecule has 0 aliphatic rings. The van der Waals surface area contributed by atoms with Crippen LogP contribution in [0, 0.1) is 5.92 Å². The number of aliphatic hydroxyl groups is 1. The molecular formula is C10H23NO. The topological polar surface area (TPSA) is 46.2 Å². The van der Waals surface area contributed by atoms with Crippen molar-refractivity contribution >= 4 is 0 Å². The first kappa shape index (κ1) is 11.9. The Labute approximate surface area is 76.2 Å². The van der Waals surface area contributed by atoms with Gasteiger partial charge in [0.15, 0.2) is 0 Å². The van der Waals surface area contributed by atoms with Crippen LogP contribution in [0.3, 0.4) is 0 Å². The summed E-state index contributed by atoms with van der Waals surface area (Å²) in [5.41, 5.74) is 4.94. The fourth-order valence-corrected chi connectivity index (χ4v) is 1.31. The molecule has 0 bridgehead atoms. The quantitative estimate of drug-likeness (QED) is 0.644. The van der Waals surface area contributed by atoms with Gasteiger partial charge in [0.25, 0.3) is 0 Å². The van der Waals surface area contributed by atoms with E-state index in [1.54, 1.807) is 0 Å². The van der Waals surface area contributed by atoms with Gasteiger partial charge in [-0.3, -0.25) is 0 Å². The molecule has 0 spiro atoms. The summed E-state index contributed by atoms with van der Waals surface area (Å²) in [5, 5.41) is 9.44. The van der Waals surface area contributed by atoms with Gasteiger partial charge in [-0.2, -0.15) is 0 Å². The number of hydrogen-bond acceptors (Lipinski definition) is 2. The normalized spacial score (nSPS) is 14.8. The molecule has 0 saturated carbocycles. The zero-order valence-electron chi connectivity index (χ0n) is 8.64. The molecule has 1 unspecified atom stereocenters. The second kappa shape index (κ2) is 5.55. The Bertz CT molecular complexity index is 107. The highest BCUT2D eigenvalue weighted by molar-refractivity contribution is 4.65. The highest BCUT2D eigenvalue weighted by Gasteiger charge is 2.12. The second-order valence-corrected chi connectivity index (χ2v) is 4.39. The average Bonchev–Trinajstić information content (AvgIpc) is 1.84. The van der Waals surface area contributed by atoms with Gasteiger partial charge in [0.1, 0.15) is 0 Å². The molecule has 0 amide bonds. The second-order valence-electron chi connectivity index (χ2n) is 4.39. The molecule has 0 aliphatic heterocycles. The minimum atomic E-state index is -0.498. The van der Waals surface area contributed by atoms with Crippen LogP contribution in [0.2, 0.25) is 0 Å². The third kappa shape index (κ3) is 8.02. The lowest BCUT2D eigenvalue weighted by Gasteiger charge is -2.18. The lowest BCUT2D eigenvalue weighted by Crippen LogP contribution is -2.18. The molecule has 12 heavy (non-hydrogen) atoms. The van der Waals surface area contributed by atoms with Crippen molar-refractivity contribution < 1.29 is 5.11 Å². The smallest absolute Gasteiger partial charge is 0.0591 e. The van der Waals surface area contributed by atoms with E-state index >= 15 is 0 Å². The molecule has 2 heteroatoms. The molecule has 0 rings (SSSR count). The van der Waals surface area contributed by atoms with Crippen molar-refractivity contribution in [3.05, 3.63) is 0 Å². The standard InChI is InChI=1S/C10H23NO/c1-9(6-8-11)5-4-7-10(2,3)12/h9,12H,4-8,11H2,1-3H3. The SMILES string of the molecule is CC(CCN)CCCC(C)(C)O. The largest absolute Gasteiger partial charge is 0.390 e. The van der Waals surface area contributed by atoms with E-state index in [0.29, 0.717) is 5.92 Å². The maximum absolute atomic E-state index is 9.44. The Morgan fingerprint density at radius 3 is 2.33 bits per heavy atom. The Hall–Kier alpha value is -0.0800. The molecule has 0 aliphatic carbocycles. The molecule has 2 nitrogen and oxygen atoms in total. The molecule has 0 radical (unpaired) electrons. The van der Waals surface area contributed by atoms with Gasteiger partial charge in [0.2, 0.25) is 0 Å². The van der Waals surface area contributed by atoms with E-state index in [2.05, 4.69) is 6.92 Å². The van der Waals surface area contributed by atoms with E-state index in [1.165, 1.54) is 6.42 Å². The molecule has 74 valence electrons. The zero-order valence-corrected chi connectivity index (χ0v) is 8.64. The fraction of sp³-hybridized carbons (Fsp3) is 1.00. The number of hydrogen-bond donors (Lipinski definition) is 2. The van der Waals surface area contributed by atoms with Gasteiger partial charge in [-0.25, -0.2) is 0 Å². The van der Waals surface area contributed by atoms with Gasteiger partial charge >= 0.3 is 0 Å². The molecule has 0 aromatic carbocycles. The molecular weight excluding hydrogens is 150 g/mol. The summed E-state index contributed by atoms with van der Waals surface area (Å²) in [6.07, 6.45) is 4.28. The summed E-state index contributed by atoms with van der Waals surface area (Å²) in [6.45, 7) is 6.72. The Balaban J connectivity index is 3.31. The van der Waals surface area contributed by atoms with Crippen molar-refractivity contribution in [2.45, 2.75) is 52.1 Å². The molecule has 0 aromatic rings. The molecule has 0 saturated heterocycles. The molecule has 0 heterocycles. The highest BCUT2D eigenvalue weighted by Crippen LogP contribution is 2.16. The first-order valence-electron chi connectivity index (χ1n) is 4.88. The van der Waals surface area contributed by atoms with Crippen LogP contribution in [0.15, 0.2) is 0 Å². The minimum Gasteiger partial charge on any atom is -0.390 e. The van der Waals surface area contributed by atoms with Crippen LogP contribution in [-0.4, -0.2) is 17.3 Å². The summed E-state index contributed by atoms with van der Waals surface area (Å²) in [7, 11) is 0. The van der Waals surface area contributed by atoms with Gasteiger partial charge in [0.05, 0.1) is 5.60 Å². The van der Waals surface area contributed by atoms with Crippen LogP contribution < -0.4 is 5.73 Å². The van der Waals surface area contributed by atoms with E-state index in [-0.39, 0.29) is 0 Å². The summed E-state index contributed by atoms with van der Waals surface area (Å²) in [5.74, 6) is 0.706. The monoisotopic (exact) mass is 173 g/mol. The fourth-order valence-electron chi connectivity index (χ4n) is 1.31. The van der Waals surface area contributed by atoms with Gasteiger partial charge in [-0.1, -0.05) is 19.8 Å². The first-order chi connectivity index (χ1) is 5.45. The lowest BCUT2D eigenvalue weighted by molar-refractivity contribution is 0.0669. The van der Waals surface area contributed by atoms with Crippen LogP contribution in [0.4, 0.5) is 0 Å². The van der Waals surface area contributed by atoms with Crippen LogP contribution in [0.5, 0.6) is 0 Å². The van der Waals surface area contributed by atoms with Gasteiger partial charge in [-0.15, -0.1) is 0 Å². The first-order valence-corrected chi connectivity index (χ1v) is 4.88.